The molecule has 0 aliphatic rings. The topological polar surface area (TPSA) is 119 Å². The standard InChI is InChI=1S/C32H38N4O4S/c1-21(2)19-36(20-22(3)4)29-16-13-24(17-28(29)35-32(38)34-25-14-11-23(5)12-15-25)26-9-7-8-10-27(26)31(37)30(18-33)41(6,39)40/h7-17,21-22,30H,19-20H2,1-6H3,(H2,34,35,38). The summed E-state index contributed by atoms with van der Waals surface area (Å²) in [5.41, 5.74) is 4.27. The van der Waals surface area contributed by atoms with Gasteiger partial charge in [-0.15, -0.1) is 0 Å². The number of ketones is 1. The highest BCUT2D eigenvalue weighted by atomic mass is 32.2. The van der Waals surface area contributed by atoms with Gasteiger partial charge < -0.3 is 15.5 Å². The first-order valence-electron chi connectivity index (χ1n) is 13.6. The summed E-state index contributed by atoms with van der Waals surface area (Å²) in [5, 5.41) is 13.5. The normalized spacial score (nSPS) is 12.1. The minimum atomic E-state index is -3.94. The molecule has 1 unspecified atom stereocenters. The highest BCUT2D eigenvalue weighted by Gasteiger charge is 2.31. The lowest BCUT2D eigenvalue weighted by atomic mass is 9.95. The van der Waals surface area contributed by atoms with Crippen molar-refractivity contribution in [3.8, 4) is 17.2 Å². The molecule has 0 saturated carbocycles. The quantitative estimate of drug-likeness (QED) is 0.251. The van der Waals surface area contributed by atoms with Crippen molar-refractivity contribution in [2.45, 2.75) is 39.9 Å². The van der Waals surface area contributed by atoms with E-state index >= 15 is 0 Å². The highest BCUT2D eigenvalue weighted by Crippen LogP contribution is 2.35. The summed E-state index contributed by atoms with van der Waals surface area (Å²) >= 11 is 0. The fourth-order valence-electron chi connectivity index (χ4n) is 4.59. The van der Waals surface area contributed by atoms with Gasteiger partial charge in [0.2, 0.25) is 5.25 Å². The average molecular weight is 575 g/mol. The van der Waals surface area contributed by atoms with Gasteiger partial charge in [0, 0.05) is 30.6 Å². The SMILES string of the molecule is Cc1ccc(NC(=O)Nc2cc(-c3ccccc3C(=O)C(C#N)S(C)(=O)=O)ccc2N(CC(C)C)CC(C)C)cc1. The monoisotopic (exact) mass is 574 g/mol. The summed E-state index contributed by atoms with van der Waals surface area (Å²) in [7, 11) is -3.94. The summed E-state index contributed by atoms with van der Waals surface area (Å²) in [6.07, 6.45) is 0.878. The average Bonchev–Trinajstić information content (AvgIpc) is 2.88. The van der Waals surface area contributed by atoms with Gasteiger partial charge >= 0.3 is 6.03 Å². The van der Waals surface area contributed by atoms with Gasteiger partial charge in [-0.25, -0.2) is 13.2 Å². The number of carbonyl (C=O) groups excluding carboxylic acids is 2. The number of Topliss-reactive ketones (excluding diaryl/α,β-unsaturated/α-hetero) is 1. The molecule has 2 amide bonds. The van der Waals surface area contributed by atoms with Crippen molar-refractivity contribution in [2.75, 3.05) is 34.9 Å². The number of carbonyl (C=O) groups is 2. The zero-order valence-corrected chi connectivity index (χ0v) is 25.2. The Labute approximate surface area is 243 Å². The molecule has 1 atom stereocenters. The predicted octanol–water partition coefficient (Wildman–Crippen LogP) is 6.54. The number of hydrogen-bond acceptors (Lipinski definition) is 6. The number of amides is 2. The van der Waals surface area contributed by atoms with Gasteiger partial charge in [-0.3, -0.25) is 4.79 Å². The lowest BCUT2D eigenvalue weighted by Crippen LogP contribution is -2.32. The van der Waals surface area contributed by atoms with Gasteiger partial charge in [-0.2, -0.15) is 5.26 Å². The highest BCUT2D eigenvalue weighted by molar-refractivity contribution is 7.92. The molecule has 0 aliphatic carbocycles. The number of nitriles is 1. The molecule has 2 N–H and O–H groups in total. The molecule has 0 aliphatic heterocycles. The first kappa shape index (κ1) is 31.4. The van der Waals surface area contributed by atoms with Gasteiger partial charge in [0.25, 0.3) is 0 Å². The zero-order valence-electron chi connectivity index (χ0n) is 24.4. The van der Waals surface area contributed by atoms with Gasteiger partial charge in [0.1, 0.15) is 0 Å². The number of urea groups is 1. The molecule has 9 heteroatoms. The Morgan fingerprint density at radius 2 is 1.51 bits per heavy atom. The first-order valence-corrected chi connectivity index (χ1v) is 15.5. The van der Waals surface area contributed by atoms with Crippen LogP contribution in [0.5, 0.6) is 0 Å². The van der Waals surface area contributed by atoms with E-state index in [9.17, 15) is 23.3 Å². The molecule has 0 radical (unpaired) electrons. The number of sulfone groups is 1. The summed E-state index contributed by atoms with van der Waals surface area (Å²) in [6, 6.07) is 20.8. The van der Waals surface area contributed by atoms with Crippen LogP contribution in [0.4, 0.5) is 21.9 Å². The van der Waals surface area contributed by atoms with E-state index in [4.69, 9.17) is 0 Å². The number of nitrogens with one attached hydrogen (secondary N) is 2. The first-order chi connectivity index (χ1) is 19.3. The Morgan fingerprint density at radius 3 is 2.07 bits per heavy atom. The summed E-state index contributed by atoms with van der Waals surface area (Å²) in [4.78, 5) is 28.6. The van der Waals surface area contributed by atoms with Crippen LogP contribution in [0.15, 0.2) is 66.7 Å². The van der Waals surface area contributed by atoms with Crippen molar-refractivity contribution in [3.63, 3.8) is 0 Å². The minimum absolute atomic E-state index is 0.119. The zero-order chi connectivity index (χ0) is 30.3. The van der Waals surface area contributed by atoms with E-state index in [1.54, 1.807) is 30.3 Å². The van der Waals surface area contributed by atoms with Crippen LogP contribution in [-0.4, -0.2) is 44.8 Å². The summed E-state index contributed by atoms with van der Waals surface area (Å²) in [6.45, 7) is 12.0. The van der Waals surface area contributed by atoms with E-state index in [0.717, 1.165) is 30.6 Å². The predicted molar refractivity (Wildman–Crippen MR) is 166 cm³/mol. The second kappa shape index (κ2) is 13.5. The number of nitrogens with zero attached hydrogens (tertiary/aromatic N) is 2. The molecule has 0 spiro atoms. The second-order valence-electron chi connectivity index (χ2n) is 11.1. The van der Waals surface area contributed by atoms with E-state index in [1.165, 1.54) is 6.07 Å². The Balaban J connectivity index is 2.11. The maximum Gasteiger partial charge on any atom is 0.323 e. The van der Waals surface area contributed by atoms with E-state index in [0.29, 0.717) is 34.3 Å². The van der Waals surface area contributed by atoms with Crippen LogP contribution in [0.2, 0.25) is 0 Å². The molecule has 0 fully saturated rings. The number of aryl methyl sites for hydroxylation is 1. The number of rotatable bonds is 11. The molecule has 3 aromatic carbocycles. The molecular weight excluding hydrogens is 536 g/mol. The van der Waals surface area contributed by atoms with Gasteiger partial charge in [-0.1, -0.05) is 75.7 Å². The lowest BCUT2D eigenvalue weighted by molar-refractivity contribution is 0.100. The third kappa shape index (κ3) is 8.41. The lowest BCUT2D eigenvalue weighted by Gasteiger charge is -2.31. The Bertz CT molecular complexity index is 1530. The Morgan fingerprint density at radius 1 is 0.902 bits per heavy atom. The maximum absolute atomic E-state index is 13.2. The van der Waals surface area contributed by atoms with Crippen molar-refractivity contribution >= 4 is 38.7 Å². The van der Waals surface area contributed by atoms with Crippen LogP contribution in [0.1, 0.15) is 43.6 Å². The van der Waals surface area contributed by atoms with Gasteiger partial charge in [0.15, 0.2) is 15.6 Å². The fraction of sp³-hybridized carbons (Fsp3) is 0.344. The van der Waals surface area contributed by atoms with E-state index in [2.05, 4.69) is 43.2 Å². The Kier molecular flexibility index (Phi) is 10.3. The number of anilines is 3. The molecule has 3 rings (SSSR count). The van der Waals surface area contributed by atoms with Crippen LogP contribution >= 0.6 is 0 Å². The van der Waals surface area contributed by atoms with Crippen molar-refractivity contribution in [3.05, 3.63) is 77.9 Å². The van der Waals surface area contributed by atoms with E-state index in [1.807, 2.05) is 43.3 Å². The third-order valence-electron chi connectivity index (χ3n) is 6.35. The molecule has 0 bridgehead atoms. The molecule has 216 valence electrons. The van der Waals surface area contributed by atoms with E-state index < -0.39 is 26.9 Å². The van der Waals surface area contributed by atoms with Gasteiger partial charge in [-0.05, 0) is 54.2 Å². The smallest absolute Gasteiger partial charge is 0.323 e. The van der Waals surface area contributed by atoms with Crippen LogP contribution < -0.4 is 15.5 Å². The fourth-order valence-corrected chi connectivity index (χ4v) is 5.30. The van der Waals surface area contributed by atoms with E-state index in [-0.39, 0.29) is 5.56 Å². The molecule has 0 aromatic heterocycles. The third-order valence-corrected chi connectivity index (χ3v) is 7.53. The number of hydrogen-bond donors (Lipinski definition) is 2. The number of benzene rings is 3. The molecule has 0 heterocycles. The van der Waals surface area contributed by atoms with Crippen LogP contribution in [0, 0.1) is 30.1 Å². The molecule has 3 aromatic rings. The molecule has 41 heavy (non-hydrogen) atoms. The molecule has 0 saturated heterocycles. The summed E-state index contributed by atoms with van der Waals surface area (Å²) < 4.78 is 24.3. The van der Waals surface area contributed by atoms with Crippen LogP contribution in [0.25, 0.3) is 11.1 Å². The van der Waals surface area contributed by atoms with Crippen molar-refractivity contribution in [2.24, 2.45) is 11.8 Å². The van der Waals surface area contributed by atoms with Crippen LogP contribution in [0.3, 0.4) is 0 Å². The second-order valence-corrected chi connectivity index (χ2v) is 13.2. The molecular formula is C32H38N4O4S. The van der Waals surface area contributed by atoms with Crippen molar-refractivity contribution in [1.29, 1.82) is 5.26 Å². The minimum Gasteiger partial charge on any atom is -0.369 e. The maximum atomic E-state index is 13.2. The van der Waals surface area contributed by atoms with Crippen molar-refractivity contribution in [1.82, 2.24) is 0 Å². The molecule has 8 nitrogen and oxygen atoms in total. The van der Waals surface area contributed by atoms with Gasteiger partial charge in [0.05, 0.1) is 17.4 Å². The largest absolute Gasteiger partial charge is 0.369 e. The van der Waals surface area contributed by atoms with Crippen LogP contribution in [-0.2, 0) is 9.84 Å². The summed E-state index contributed by atoms with van der Waals surface area (Å²) in [5.74, 6) is -0.0672. The Hall–Kier alpha value is -4.16. The van der Waals surface area contributed by atoms with Crippen molar-refractivity contribution < 1.29 is 18.0 Å².